The highest BCUT2D eigenvalue weighted by molar-refractivity contribution is 7.86. The summed E-state index contributed by atoms with van der Waals surface area (Å²) >= 11 is 0. The van der Waals surface area contributed by atoms with E-state index in [0.29, 0.717) is 12.8 Å². The largest absolute Gasteiger partial charge is 0.438 e. The van der Waals surface area contributed by atoms with Crippen molar-refractivity contribution in [1.29, 1.82) is 0 Å². The molecule has 0 fully saturated rings. The van der Waals surface area contributed by atoms with E-state index in [1.807, 2.05) is 6.92 Å². The second-order valence-corrected chi connectivity index (χ2v) is 7.82. The standard InChI is InChI=1S/C20H28O6S/c1-4-18(26-27(22,23)19-14-12-17(2)13-15-19)10-8-6-5-7-9-11-20(21)25-16-24-3/h1,12-15,18H,5-11,16H2,2-3H3/t18-/m0/s1. The van der Waals surface area contributed by atoms with E-state index in [-0.39, 0.29) is 17.7 Å². The van der Waals surface area contributed by atoms with Crippen LogP contribution < -0.4 is 0 Å². The third kappa shape index (κ3) is 9.57. The van der Waals surface area contributed by atoms with Crippen molar-refractivity contribution in [3.05, 3.63) is 29.8 Å². The number of ether oxygens (including phenoxy) is 2. The fourth-order valence-corrected chi connectivity index (χ4v) is 3.44. The predicted molar refractivity (Wildman–Crippen MR) is 102 cm³/mol. The Hall–Kier alpha value is -1.88. The molecular formula is C20H28O6S. The smallest absolute Gasteiger partial charge is 0.307 e. The van der Waals surface area contributed by atoms with Gasteiger partial charge in [-0.2, -0.15) is 8.42 Å². The van der Waals surface area contributed by atoms with Gasteiger partial charge in [-0.15, -0.1) is 6.42 Å². The van der Waals surface area contributed by atoms with Crippen LogP contribution in [0.4, 0.5) is 0 Å². The maximum Gasteiger partial charge on any atom is 0.307 e. The van der Waals surface area contributed by atoms with Crippen molar-refractivity contribution in [3.8, 4) is 12.3 Å². The molecule has 27 heavy (non-hydrogen) atoms. The molecule has 6 nitrogen and oxygen atoms in total. The second kappa shape index (κ2) is 12.5. The molecule has 0 bridgehead atoms. The lowest BCUT2D eigenvalue weighted by Gasteiger charge is -2.12. The summed E-state index contributed by atoms with van der Waals surface area (Å²) in [6, 6.07) is 6.45. The highest BCUT2D eigenvalue weighted by Gasteiger charge is 2.20. The molecule has 0 spiro atoms. The van der Waals surface area contributed by atoms with Gasteiger partial charge in [-0.1, -0.05) is 42.9 Å². The number of hydrogen-bond donors (Lipinski definition) is 0. The topological polar surface area (TPSA) is 78.9 Å². The Morgan fingerprint density at radius 1 is 1.11 bits per heavy atom. The lowest BCUT2D eigenvalue weighted by molar-refractivity contribution is -0.154. The summed E-state index contributed by atoms with van der Waals surface area (Å²) in [6.07, 6.45) is 9.70. The van der Waals surface area contributed by atoms with Crippen molar-refractivity contribution in [2.75, 3.05) is 13.9 Å². The summed E-state index contributed by atoms with van der Waals surface area (Å²) in [5.41, 5.74) is 0.967. The highest BCUT2D eigenvalue weighted by atomic mass is 32.2. The molecule has 0 amide bonds. The molecule has 0 saturated heterocycles. The van der Waals surface area contributed by atoms with Gasteiger partial charge >= 0.3 is 5.97 Å². The van der Waals surface area contributed by atoms with Crippen LogP contribution in [0, 0.1) is 19.3 Å². The van der Waals surface area contributed by atoms with Crippen molar-refractivity contribution in [2.45, 2.75) is 62.9 Å². The van der Waals surface area contributed by atoms with Gasteiger partial charge in [-0.25, -0.2) is 4.18 Å². The van der Waals surface area contributed by atoms with E-state index in [4.69, 9.17) is 15.3 Å². The maximum atomic E-state index is 12.3. The molecule has 0 aromatic heterocycles. The molecule has 0 saturated carbocycles. The molecular weight excluding hydrogens is 368 g/mol. The number of esters is 1. The molecule has 0 unspecified atom stereocenters. The third-order valence-corrected chi connectivity index (χ3v) is 5.26. The zero-order valence-corrected chi connectivity index (χ0v) is 16.8. The molecule has 150 valence electrons. The predicted octanol–water partition coefficient (Wildman–Crippen LogP) is 3.58. The van der Waals surface area contributed by atoms with Crippen LogP contribution in [0.3, 0.4) is 0 Å². The number of carbonyl (C=O) groups excluding carboxylic acids is 1. The molecule has 0 aliphatic rings. The van der Waals surface area contributed by atoms with Crippen LogP contribution in [0.25, 0.3) is 0 Å². The number of hydrogen-bond acceptors (Lipinski definition) is 6. The van der Waals surface area contributed by atoms with Gasteiger partial charge in [0.15, 0.2) is 6.79 Å². The Kier molecular flexibility index (Phi) is 10.7. The molecule has 7 heteroatoms. The van der Waals surface area contributed by atoms with Crippen molar-refractivity contribution < 1.29 is 26.9 Å². The number of terminal acetylenes is 1. The third-order valence-electron chi connectivity index (χ3n) is 3.92. The zero-order valence-electron chi connectivity index (χ0n) is 16.0. The minimum absolute atomic E-state index is 0.0161. The van der Waals surface area contributed by atoms with Crippen LogP contribution in [-0.4, -0.2) is 34.4 Å². The Labute approximate surface area is 162 Å². The van der Waals surface area contributed by atoms with Gasteiger partial charge < -0.3 is 9.47 Å². The van der Waals surface area contributed by atoms with E-state index in [0.717, 1.165) is 37.7 Å². The normalized spacial score (nSPS) is 12.3. The van der Waals surface area contributed by atoms with Crippen molar-refractivity contribution in [3.63, 3.8) is 0 Å². The summed E-state index contributed by atoms with van der Waals surface area (Å²) in [6.45, 7) is 1.86. The van der Waals surface area contributed by atoms with Gasteiger partial charge in [-0.05, 0) is 38.3 Å². The van der Waals surface area contributed by atoms with Crippen molar-refractivity contribution in [1.82, 2.24) is 0 Å². The van der Waals surface area contributed by atoms with Gasteiger partial charge in [0.05, 0.1) is 4.90 Å². The number of rotatable bonds is 13. The van der Waals surface area contributed by atoms with Gasteiger partial charge in [-0.3, -0.25) is 4.79 Å². The Morgan fingerprint density at radius 3 is 2.37 bits per heavy atom. The number of carbonyl (C=O) groups is 1. The SMILES string of the molecule is C#C[C@@H](CCCCCCCC(=O)OCOC)OS(=O)(=O)c1ccc(C)cc1. The van der Waals surface area contributed by atoms with Crippen LogP contribution in [0.2, 0.25) is 0 Å². The summed E-state index contributed by atoms with van der Waals surface area (Å²) < 4.78 is 39.1. The highest BCUT2D eigenvalue weighted by Crippen LogP contribution is 2.18. The van der Waals surface area contributed by atoms with Crippen LogP contribution >= 0.6 is 0 Å². The minimum Gasteiger partial charge on any atom is -0.438 e. The number of unbranched alkanes of at least 4 members (excludes halogenated alkanes) is 4. The Morgan fingerprint density at radius 2 is 1.74 bits per heavy atom. The maximum absolute atomic E-state index is 12.3. The van der Waals surface area contributed by atoms with Crippen molar-refractivity contribution >= 4 is 16.1 Å². The van der Waals surface area contributed by atoms with E-state index < -0.39 is 16.2 Å². The first-order chi connectivity index (χ1) is 12.9. The number of benzene rings is 1. The van der Waals surface area contributed by atoms with Crippen LogP contribution in [0.15, 0.2) is 29.2 Å². The Bertz CT molecular complexity index is 703. The van der Waals surface area contributed by atoms with Crippen LogP contribution in [0.5, 0.6) is 0 Å². The first-order valence-electron chi connectivity index (χ1n) is 8.99. The summed E-state index contributed by atoms with van der Waals surface area (Å²) in [5, 5.41) is 0. The minimum atomic E-state index is -3.86. The quantitative estimate of drug-likeness (QED) is 0.167. The molecule has 0 aliphatic carbocycles. The van der Waals surface area contributed by atoms with E-state index in [9.17, 15) is 13.2 Å². The lowest BCUT2D eigenvalue weighted by atomic mass is 10.1. The molecule has 0 N–H and O–H groups in total. The lowest BCUT2D eigenvalue weighted by Crippen LogP contribution is -2.17. The van der Waals surface area contributed by atoms with Crippen molar-refractivity contribution in [2.24, 2.45) is 0 Å². The molecule has 0 heterocycles. The van der Waals surface area contributed by atoms with E-state index in [1.165, 1.54) is 19.2 Å². The number of aryl methyl sites for hydroxylation is 1. The number of methoxy groups -OCH3 is 1. The van der Waals surface area contributed by atoms with E-state index >= 15 is 0 Å². The molecule has 0 aliphatic heterocycles. The van der Waals surface area contributed by atoms with E-state index in [1.54, 1.807) is 12.1 Å². The van der Waals surface area contributed by atoms with Gasteiger partial charge in [0.2, 0.25) is 0 Å². The molecule has 1 aromatic rings. The summed E-state index contributed by atoms with van der Waals surface area (Å²) in [5.74, 6) is 2.14. The molecule has 1 rings (SSSR count). The average molecular weight is 397 g/mol. The zero-order chi connectivity index (χ0) is 20.1. The second-order valence-electron chi connectivity index (χ2n) is 6.25. The molecule has 1 atom stereocenters. The van der Waals surface area contributed by atoms with Gasteiger partial charge in [0.1, 0.15) is 6.10 Å². The van der Waals surface area contributed by atoms with Crippen LogP contribution in [-0.2, 0) is 28.6 Å². The van der Waals surface area contributed by atoms with Gasteiger partial charge in [0, 0.05) is 13.5 Å². The monoisotopic (exact) mass is 396 g/mol. The first kappa shape index (κ1) is 23.2. The summed E-state index contributed by atoms with van der Waals surface area (Å²) in [4.78, 5) is 11.4. The van der Waals surface area contributed by atoms with E-state index in [2.05, 4.69) is 10.7 Å². The fourth-order valence-electron chi connectivity index (χ4n) is 2.40. The molecule has 1 aromatic carbocycles. The summed E-state index contributed by atoms with van der Waals surface area (Å²) in [7, 11) is -2.40. The first-order valence-corrected chi connectivity index (χ1v) is 10.4. The Balaban J connectivity index is 2.26. The van der Waals surface area contributed by atoms with Gasteiger partial charge in [0.25, 0.3) is 10.1 Å². The fraction of sp³-hybridized carbons (Fsp3) is 0.550. The molecule has 0 radical (unpaired) electrons. The van der Waals surface area contributed by atoms with Crippen LogP contribution in [0.1, 0.15) is 50.5 Å². The average Bonchev–Trinajstić information content (AvgIpc) is 2.64.